The van der Waals surface area contributed by atoms with Crippen molar-refractivity contribution >= 4 is 0 Å². The lowest BCUT2D eigenvalue weighted by atomic mass is 9.76. The van der Waals surface area contributed by atoms with Crippen LogP contribution in [-0.4, -0.2) is 31.8 Å². The molecule has 4 nitrogen and oxygen atoms in total. The molecule has 21 heavy (non-hydrogen) atoms. The Balaban J connectivity index is 1.47. The molecule has 2 aromatic rings. The van der Waals surface area contributed by atoms with Crippen LogP contribution in [0, 0.1) is 0 Å². The highest BCUT2D eigenvalue weighted by atomic mass is 16.5. The van der Waals surface area contributed by atoms with Crippen molar-refractivity contribution in [3.63, 3.8) is 0 Å². The standard InChI is InChI=1S/C17H22N2O2/c1-20-10-9-18-8-4-7-17-19-12-16(21-17)15-11-13-5-2-3-6-14(13)15/h2-3,5-6,12,15,18H,4,7-11H2,1H3. The summed E-state index contributed by atoms with van der Waals surface area (Å²) in [4.78, 5) is 4.41. The molecule has 1 aliphatic rings. The van der Waals surface area contributed by atoms with Gasteiger partial charge in [0.1, 0.15) is 5.76 Å². The smallest absolute Gasteiger partial charge is 0.194 e. The van der Waals surface area contributed by atoms with Crippen molar-refractivity contribution in [2.45, 2.75) is 25.2 Å². The Morgan fingerprint density at radius 1 is 1.33 bits per heavy atom. The minimum absolute atomic E-state index is 0.405. The van der Waals surface area contributed by atoms with Crippen molar-refractivity contribution in [2.24, 2.45) is 0 Å². The number of nitrogens with one attached hydrogen (secondary N) is 1. The van der Waals surface area contributed by atoms with Crippen molar-refractivity contribution in [2.75, 3.05) is 26.8 Å². The molecule has 1 aromatic heterocycles. The summed E-state index contributed by atoms with van der Waals surface area (Å²) in [6.45, 7) is 2.61. The molecular formula is C17H22N2O2. The normalized spacial score (nSPS) is 16.5. The van der Waals surface area contributed by atoms with Gasteiger partial charge in [-0.3, -0.25) is 0 Å². The van der Waals surface area contributed by atoms with Gasteiger partial charge in [-0.25, -0.2) is 4.98 Å². The number of rotatable bonds is 8. The maximum absolute atomic E-state index is 5.91. The first-order valence-corrected chi connectivity index (χ1v) is 7.60. The van der Waals surface area contributed by atoms with E-state index in [4.69, 9.17) is 9.15 Å². The van der Waals surface area contributed by atoms with Crippen molar-refractivity contribution in [1.82, 2.24) is 10.3 Å². The molecule has 1 aliphatic carbocycles. The van der Waals surface area contributed by atoms with Gasteiger partial charge in [0.25, 0.3) is 0 Å². The fourth-order valence-electron chi connectivity index (χ4n) is 2.78. The monoisotopic (exact) mass is 286 g/mol. The minimum atomic E-state index is 0.405. The Labute approximate surface area is 125 Å². The summed E-state index contributed by atoms with van der Waals surface area (Å²) in [5.41, 5.74) is 2.82. The number of aryl methyl sites for hydroxylation is 1. The maximum atomic E-state index is 5.91. The van der Waals surface area contributed by atoms with Crippen LogP contribution in [0.25, 0.3) is 0 Å². The third-order valence-corrected chi connectivity index (χ3v) is 4.00. The molecule has 0 spiro atoms. The Hall–Kier alpha value is -1.65. The lowest BCUT2D eigenvalue weighted by Gasteiger charge is -2.27. The first-order valence-electron chi connectivity index (χ1n) is 7.60. The first kappa shape index (κ1) is 14.3. The van der Waals surface area contributed by atoms with E-state index in [0.717, 1.165) is 50.6 Å². The molecule has 0 amide bonds. The van der Waals surface area contributed by atoms with Crippen LogP contribution in [0.5, 0.6) is 0 Å². The molecule has 0 aliphatic heterocycles. The molecule has 0 fully saturated rings. The molecule has 1 atom stereocenters. The Bertz CT molecular complexity index is 580. The second kappa shape index (κ2) is 6.87. The van der Waals surface area contributed by atoms with Gasteiger partial charge < -0.3 is 14.5 Å². The van der Waals surface area contributed by atoms with Crippen molar-refractivity contribution in [3.05, 3.63) is 53.2 Å². The lowest BCUT2D eigenvalue weighted by Crippen LogP contribution is -2.20. The van der Waals surface area contributed by atoms with E-state index in [1.54, 1.807) is 7.11 Å². The molecule has 0 saturated carbocycles. The van der Waals surface area contributed by atoms with Crippen LogP contribution in [0.1, 0.15) is 35.1 Å². The molecule has 4 heteroatoms. The number of hydrogen-bond donors (Lipinski definition) is 1. The summed E-state index contributed by atoms with van der Waals surface area (Å²) in [6.07, 6.45) is 4.89. The zero-order valence-electron chi connectivity index (χ0n) is 12.5. The topological polar surface area (TPSA) is 47.3 Å². The van der Waals surface area contributed by atoms with E-state index in [1.807, 2.05) is 6.20 Å². The van der Waals surface area contributed by atoms with E-state index in [2.05, 4.69) is 34.6 Å². The quantitative estimate of drug-likeness (QED) is 0.758. The molecule has 3 rings (SSSR count). The fourth-order valence-corrected chi connectivity index (χ4v) is 2.78. The minimum Gasteiger partial charge on any atom is -0.445 e. The molecule has 1 N–H and O–H groups in total. The summed E-state index contributed by atoms with van der Waals surface area (Å²) >= 11 is 0. The van der Waals surface area contributed by atoms with Gasteiger partial charge in [-0.15, -0.1) is 0 Å². The predicted octanol–water partition coefficient (Wildman–Crippen LogP) is 2.53. The van der Waals surface area contributed by atoms with Crippen LogP contribution in [-0.2, 0) is 17.6 Å². The zero-order valence-corrected chi connectivity index (χ0v) is 12.5. The first-order chi connectivity index (χ1) is 10.4. The number of benzene rings is 1. The average Bonchev–Trinajstić information content (AvgIpc) is 2.92. The number of hydrogen-bond acceptors (Lipinski definition) is 4. The largest absolute Gasteiger partial charge is 0.445 e. The Kier molecular flexibility index (Phi) is 4.68. The van der Waals surface area contributed by atoms with E-state index in [-0.39, 0.29) is 0 Å². The fraction of sp³-hybridized carbons (Fsp3) is 0.471. The van der Waals surface area contributed by atoms with Gasteiger partial charge in [0, 0.05) is 26.0 Å². The van der Waals surface area contributed by atoms with Gasteiger partial charge in [0.05, 0.1) is 12.8 Å². The van der Waals surface area contributed by atoms with Crippen LogP contribution in [0.4, 0.5) is 0 Å². The molecule has 0 bridgehead atoms. The second-order valence-corrected chi connectivity index (χ2v) is 5.46. The molecule has 1 unspecified atom stereocenters. The zero-order chi connectivity index (χ0) is 14.5. The van der Waals surface area contributed by atoms with Crippen molar-refractivity contribution < 1.29 is 9.15 Å². The second-order valence-electron chi connectivity index (χ2n) is 5.46. The van der Waals surface area contributed by atoms with Gasteiger partial charge in [-0.1, -0.05) is 24.3 Å². The number of oxazole rings is 1. The van der Waals surface area contributed by atoms with E-state index in [9.17, 15) is 0 Å². The summed E-state index contributed by atoms with van der Waals surface area (Å²) in [7, 11) is 1.72. The van der Waals surface area contributed by atoms with Crippen LogP contribution >= 0.6 is 0 Å². The van der Waals surface area contributed by atoms with Crippen molar-refractivity contribution in [1.29, 1.82) is 0 Å². The number of fused-ring (bicyclic) bond motifs is 1. The van der Waals surface area contributed by atoms with E-state index < -0.39 is 0 Å². The molecule has 0 radical (unpaired) electrons. The van der Waals surface area contributed by atoms with Crippen LogP contribution in [0.3, 0.4) is 0 Å². The number of nitrogens with zero attached hydrogens (tertiary/aromatic N) is 1. The Morgan fingerprint density at radius 2 is 2.24 bits per heavy atom. The van der Waals surface area contributed by atoms with Gasteiger partial charge in [0.15, 0.2) is 5.89 Å². The summed E-state index contributed by atoms with van der Waals surface area (Å²) in [6, 6.07) is 8.56. The highest BCUT2D eigenvalue weighted by molar-refractivity contribution is 5.44. The SMILES string of the molecule is COCCNCCCc1ncc(C2Cc3ccccc32)o1. The van der Waals surface area contributed by atoms with E-state index in [1.165, 1.54) is 11.1 Å². The van der Waals surface area contributed by atoms with Gasteiger partial charge in [0.2, 0.25) is 0 Å². The Morgan fingerprint density at radius 3 is 3.10 bits per heavy atom. The summed E-state index contributed by atoms with van der Waals surface area (Å²) < 4.78 is 10.9. The van der Waals surface area contributed by atoms with Gasteiger partial charge >= 0.3 is 0 Å². The van der Waals surface area contributed by atoms with Gasteiger partial charge in [-0.05, 0) is 30.5 Å². The number of methoxy groups -OCH3 is 1. The third kappa shape index (κ3) is 3.34. The van der Waals surface area contributed by atoms with Gasteiger partial charge in [-0.2, -0.15) is 0 Å². The van der Waals surface area contributed by atoms with Crippen LogP contribution in [0.2, 0.25) is 0 Å². The molecule has 112 valence electrons. The molecular weight excluding hydrogens is 264 g/mol. The summed E-state index contributed by atoms with van der Waals surface area (Å²) in [5, 5.41) is 3.33. The number of aromatic nitrogens is 1. The van der Waals surface area contributed by atoms with Crippen LogP contribution < -0.4 is 5.32 Å². The molecule has 1 aromatic carbocycles. The maximum Gasteiger partial charge on any atom is 0.194 e. The van der Waals surface area contributed by atoms with Crippen molar-refractivity contribution in [3.8, 4) is 0 Å². The van der Waals surface area contributed by atoms with E-state index >= 15 is 0 Å². The average molecular weight is 286 g/mol. The van der Waals surface area contributed by atoms with Crippen LogP contribution in [0.15, 0.2) is 34.9 Å². The lowest BCUT2D eigenvalue weighted by molar-refractivity contribution is 0.199. The summed E-state index contributed by atoms with van der Waals surface area (Å²) in [5.74, 6) is 2.27. The molecule has 0 saturated heterocycles. The third-order valence-electron chi connectivity index (χ3n) is 4.00. The predicted molar refractivity (Wildman–Crippen MR) is 81.6 cm³/mol. The van der Waals surface area contributed by atoms with E-state index in [0.29, 0.717) is 5.92 Å². The highest BCUT2D eigenvalue weighted by Gasteiger charge is 2.29. The highest BCUT2D eigenvalue weighted by Crippen LogP contribution is 2.39. The number of ether oxygens (including phenoxy) is 1. The molecule has 1 heterocycles.